The minimum absolute atomic E-state index is 2.83. The summed E-state index contributed by atoms with van der Waals surface area (Å²) in [6, 6.07) is 0. The van der Waals surface area contributed by atoms with Gasteiger partial charge in [-0.3, -0.25) is 0 Å². The van der Waals surface area contributed by atoms with Crippen molar-refractivity contribution < 1.29 is 75.0 Å². The van der Waals surface area contributed by atoms with Crippen molar-refractivity contribution in [2.24, 2.45) is 0 Å². The van der Waals surface area contributed by atoms with Crippen LogP contribution < -0.4 is 0 Å². The summed E-state index contributed by atoms with van der Waals surface area (Å²) in [7, 11) is 0. The van der Waals surface area contributed by atoms with Gasteiger partial charge in [0.2, 0.25) is 0 Å². The van der Waals surface area contributed by atoms with E-state index in [2.05, 4.69) is 4.74 Å². The molecular formula is C10H6F16O. The van der Waals surface area contributed by atoms with Crippen molar-refractivity contribution in [1.29, 1.82) is 0 Å². The molecule has 164 valence electrons. The van der Waals surface area contributed by atoms with Gasteiger partial charge < -0.3 is 4.74 Å². The zero-order valence-corrected chi connectivity index (χ0v) is 12.0. The van der Waals surface area contributed by atoms with Crippen LogP contribution >= 0.6 is 0 Å². The maximum atomic E-state index is 12.7. The molecule has 17 heteroatoms. The number of ether oxygens (including phenoxy) is 1. The summed E-state index contributed by atoms with van der Waals surface area (Å²) in [5.74, 6) is -12.6. The van der Waals surface area contributed by atoms with E-state index in [-0.39, 0.29) is 0 Å². The lowest BCUT2D eigenvalue weighted by Crippen LogP contribution is -2.50. The zero-order valence-electron chi connectivity index (χ0n) is 12.0. The maximum Gasteiger partial charge on any atom is 0.453 e. The fourth-order valence-corrected chi connectivity index (χ4v) is 1.38. The van der Waals surface area contributed by atoms with Gasteiger partial charge in [0, 0.05) is 0 Å². The van der Waals surface area contributed by atoms with Crippen LogP contribution in [0.1, 0.15) is 12.8 Å². The summed E-state index contributed by atoms with van der Waals surface area (Å²) in [6.45, 7) is 0. The first-order valence-electron chi connectivity index (χ1n) is 6.10. The van der Waals surface area contributed by atoms with Gasteiger partial charge in [-0.1, -0.05) is 0 Å². The highest BCUT2D eigenvalue weighted by atomic mass is 19.4. The van der Waals surface area contributed by atoms with E-state index in [9.17, 15) is 70.2 Å². The molecule has 0 radical (unpaired) electrons. The molecule has 0 fully saturated rings. The summed E-state index contributed by atoms with van der Waals surface area (Å²) in [6.07, 6.45) is -42.5. The van der Waals surface area contributed by atoms with Crippen LogP contribution in [-0.4, -0.2) is 48.8 Å². The normalized spacial score (nSPS) is 17.8. The Hall–Kier alpha value is -1.16. The molecule has 0 amide bonds. The lowest BCUT2D eigenvalue weighted by molar-refractivity contribution is -0.344. The van der Waals surface area contributed by atoms with Gasteiger partial charge in [0.05, 0.1) is 12.8 Å². The molecule has 0 heterocycles. The van der Waals surface area contributed by atoms with Crippen LogP contribution in [0.4, 0.5) is 70.2 Å². The van der Waals surface area contributed by atoms with Crippen LogP contribution in [0.3, 0.4) is 0 Å². The molecule has 27 heavy (non-hydrogen) atoms. The van der Waals surface area contributed by atoms with Crippen molar-refractivity contribution in [3.63, 3.8) is 0 Å². The number of rotatable bonds is 6. The predicted octanol–water partition coefficient (Wildman–Crippen LogP) is 6.04. The van der Waals surface area contributed by atoms with Gasteiger partial charge in [-0.05, 0) is 0 Å². The lowest BCUT2D eigenvalue weighted by Gasteiger charge is -2.32. The highest BCUT2D eigenvalue weighted by Gasteiger charge is 2.65. The molecule has 0 rings (SSSR count). The number of alkyl halides is 16. The molecule has 0 aromatic rings. The first-order chi connectivity index (χ1) is 11.4. The first kappa shape index (κ1) is 25.8. The van der Waals surface area contributed by atoms with Crippen LogP contribution in [0.15, 0.2) is 0 Å². The number of halogens is 16. The van der Waals surface area contributed by atoms with Gasteiger partial charge in [0.25, 0.3) is 0 Å². The summed E-state index contributed by atoms with van der Waals surface area (Å²) >= 11 is 0. The molecule has 2 unspecified atom stereocenters. The number of hydrogen-bond acceptors (Lipinski definition) is 1. The SMILES string of the molecule is FC(F)(F)C(CC(F)(F)C(F)(F)F)OC(CC(F)(F)C(F)(F)F)C(F)(F)F. The Kier molecular flexibility index (Phi) is 7.03. The van der Waals surface area contributed by atoms with Gasteiger partial charge in [0.15, 0.2) is 12.2 Å². The third kappa shape index (κ3) is 7.06. The van der Waals surface area contributed by atoms with Crippen molar-refractivity contribution in [3.05, 3.63) is 0 Å². The maximum absolute atomic E-state index is 12.7. The molecule has 2 atom stereocenters. The quantitative estimate of drug-likeness (QED) is 0.453. The fraction of sp³-hybridized carbons (Fsp3) is 1.00. The van der Waals surface area contributed by atoms with Crippen molar-refractivity contribution >= 4 is 0 Å². The standard InChI is InChI=1S/C10H6F16O/c11-5(12,9(21,22)23)1-3(7(15,16)17)27-4(8(18,19)20)2-6(13,14)10(24,25)26/h3-4H,1-2H2. The molecule has 0 saturated heterocycles. The molecule has 0 aromatic carbocycles. The smallest absolute Gasteiger partial charge is 0.356 e. The van der Waals surface area contributed by atoms with Crippen molar-refractivity contribution in [3.8, 4) is 0 Å². The van der Waals surface area contributed by atoms with E-state index >= 15 is 0 Å². The average molecular weight is 446 g/mol. The average Bonchev–Trinajstić information content (AvgIpc) is 2.31. The minimum atomic E-state index is -6.69. The van der Waals surface area contributed by atoms with Crippen molar-refractivity contribution in [2.45, 2.75) is 61.6 Å². The van der Waals surface area contributed by atoms with E-state index in [4.69, 9.17) is 0 Å². The highest BCUT2D eigenvalue weighted by molar-refractivity contribution is 4.88. The third-order valence-corrected chi connectivity index (χ3v) is 2.77. The zero-order chi connectivity index (χ0) is 22.3. The van der Waals surface area contributed by atoms with Crippen LogP contribution in [0.25, 0.3) is 0 Å². The van der Waals surface area contributed by atoms with Crippen LogP contribution in [0, 0.1) is 0 Å². The Balaban J connectivity index is 5.80. The molecule has 1 nitrogen and oxygen atoms in total. The first-order valence-corrected chi connectivity index (χ1v) is 6.10. The minimum Gasteiger partial charge on any atom is -0.356 e. The van der Waals surface area contributed by atoms with Gasteiger partial charge in [-0.2, -0.15) is 70.2 Å². The number of hydrogen-bond donors (Lipinski definition) is 0. The fourth-order valence-electron chi connectivity index (χ4n) is 1.38. The van der Waals surface area contributed by atoms with Crippen LogP contribution in [0.5, 0.6) is 0 Å². The molecule has 0 aliphatic heterocycles. The molecule has 0 aliphatic carbocycles. The van der Waals surface area contributed by atoms with E-state index in [0.717, 1.165) is 0 Å². The molecule has 0 saturated carbocycles. The largest absolute Gasteiger partial charge is 0.453 e. The molecule has 0 aliphatic rings. The Bertz CT molecular complexity index is 435. The molecular weight excluding hydrogens is 440 g/mol. The monoisotopic (exact) mass is 446 g/mol. The third-order valence-electron chi connectivity index (χ3n) is 2.77. The second kappa shape index (κ2) is 7.35. The van der Waals surface area contributed by atoms with Gasteiger partial charge in [-0.15, -0.1) is 0 Å². The van der Waals surface area contributed by atoms with E-state index in [0.29, 0.717) is 0 Å². The predicted molar refractivity (Wildman–Crippen MR) is 52.0 cm³/mol. The topological polar surface area (TPSA) is 9.23 Å². The molecule has 0 bridgehead atoms. The van der Waals surface area contributed by atoms with Crippen molar-refractivity contribution in [2.75, 3.05) is 0 Å². The Morgan fingerprint density at radius 3 is 0.815 bits per heavy atom. The summed E-state index contributed by atoms with van der Waals surface area (Å²) in [4.78, 5) is 0. The Morgan fingerprint density at radius 1 is 0.444 bits per heavy atom. The van der Waals surface area contributed by atoms with E-state index in [1.807, 2.05) is 0 Å². The van der Waals surface area contributed by atoms with Gasteiger partial charge in [0.1, 0.15) is 0 Å². The summed E-state index contributed by atoms with van der Waals surface area (Å²) in [5.41, 5.74) is 0. The Labute approximate surface area is 138 Å². The van der Waals surface area contributed by atoms with E-state index in [1.165, 1.54) is 0 Å². The summed E-state index contributed by atoms with van der Waals surface area (Å²) in [5, 5.41) is 0. The van der Waals surface area contributed by atoms with Crippen LogP contribution in [0.2, 0.25) is 0 Å². The molecule has 0 aromatic heterocycles. The van der Waals surface area contributed by atoms with Gasteiger partial charge in [-0.25, -0.2) is 0 Å². The molecule has 0 N–H and O–H groups in total. The lowest BCUT2D eigenvalue weighted by atomic mass is 10.1. The Morgan fingerprint density at radius 2 is 0.667 bits per heavy atom. The van der Waals surface area contributed by atoms with E-state index < -0.39 is 61.6 Å². The van der Waals surface area contributed by atoms with Crippen molar-refractivity contribution in [1.82, 2.24) is 0 Å². The van der Waals surface area contributed by atoms with Crippen LogP contribution in [-0.2, 0) is 4.74 Å². The second-order valence-corrected chi connectivity index (χ2v) is 5.01. The molecule has 0 spiro atoms. The van der Waals surface area contributed by atoms with E-state index in [1.54, 1.807) is 0 Å². The van der Waals surface area contributed by atoms with Gasteiger partial charge >= 0.3 is 36.6 Å². The summed E-state index contributed by atoms with van der Waals surface area (Å²) < 4.78 is 200. The second-order valence-electron chi connectivity index (χ2n) is 5.01. The highest BCUT2D eigenvalue weighted by Crippen LogP contribution is 2.46.